The molecule has 2 spiro atoms. The molecule has 0 radical (unpaired) electrons. The van der Waals surface area contributed by atoms with Crippen molar-refractivity contribution in [1.29, 1.82) is 0 Å². The van der Waals surface area contributed by atoms with Crippen LogP contribution in [0.5, 0.6) is 0 Å². The van der Waals surface area contributed by atoms with E-state index in [1.165, 1.54) is 0 Å². The second-order valence-electron chi connectivity index (χ2n) is 19.3. The van der Waals surface area contributed by atoms with Crippen molar-refractivity contribution >= 4 is 64.1 Å². The number of allylic oxidation sites excluding steroid dienone is 1. The third kappa shape index (κ3) is 10.0. The van der Waals surface area contributed by atoms with Gasteiger partial charge in [-0.1, -0.05) is 73.3 Å². The van der Waals surface area contributed by atoms with Gasteiger partial charge in [0.15, 0.2) is 0 Å². The highest BCUT2D eigenvalue weighted by molar-refractivity contribution is 6.31. The number of hydrogen-bond donors (Lipinski definition) is 6. The molecule has 2 saturated heterocycles. The number of carbonyl (C=O) groups excluding carboxylic acids is 5. The largest absolute Gasteiger partial charge is 0.382 e. The molecule has 4 aliphatic heterocycles. The highest BCUT2D eigenvalue weighted by Crippen LogP contribution is 2.62. The van der Waals surface area contributed by atoms with Crippen molar-refractivity contribution in [3.05, 3.63) is 105 Å². The maximum absolute atomic E-state index is 14.6. The number of piperidine rings is 1. The molecule has 6 N–H and O–H groups in total. The molecule has 3 aromatic carbocycles. The van der Waals surface area contributed by atoms with E-state index in [0.29, 0.717) is 125 Å². The Morgan fingerprint density at radius 2 is 1.49 bits per heavy atom. The molecule has 17 heteroatoms. The van der Waals surface area contributed by atoms with Gasteiger partial charge in [-0.2, -0.15) is 0 Å². The average Bonchev–Trinajstić information content (AvgIpc) is 3.94. The fourth-order valence-corrected chi connectivity index (χ4v) is 12.4. The van der Waals surface area contributed by atoms with Gasteiger partial charge < -0.3 is 45.7 Å². The smallest absolute Gasteiger partial charge is 0.255 e. The Morgan fingerprint density at radius 3 is 2.23 bits per heavy atom. The van der Waals surface area contributed by atoms with E-state index in [9.17, 15) is 24.0 Å². The fourth-order valence-electron chi connectivity index (χ4n) is 12.0. The first-order valence-corrected chi connectivity index (χ1v) is 25.4. The van der Waals surface area contributed by atoms with Crippen LogP contribution in [0.15, 0.2) is 72.9 Å². The third-order valence-corrected chi connectivity index (χ3v) is 15.7. The molecule has 9 rings (SSSR count). The molecule has 0 bridgehead atoms. The third-order valence-electron chi connectivity index (χ3n) is 15.2. The van der Waals surface area contributed by atoms with Crippen molar-refractivity contribution in [3.8, 4) is 0 Å². The van der Waals surface area contributed by atoms with E-state index in [2.05, 4.69) is 38.5 Å². The zero-order valence-electron chi connectivity index (χ0n) is 39.0. The lowest BCUT2D eigenvalue weighted by atomic mass is 9.55. The number of hydrogen-bond acceptors (Lipinski definition) is 10. The Hall–Kier alpha value is -5.03. The maximum atomic E-state index is 14.6. The molecule has 6 aliphatic rings. The molecule has 368 valence electrons. The van der Waals surface area contributed by atoms with Gasteiger partial charge >= 0.3 is 0 Å². The van der Waals surface area contributed by atoms with Gasteiger partial charge in [0, 0.05) is 81.3 Å². The van der Waals surface area contributed by atoms with Gasteiger partial charge in [-0.25, -0.2) is 0 Å². The first-order valence-electron chi connectivity index (χ1n) is 24.6. The van der Waals surface area contributed by atoms with Gasteiger partial charge in [-0.15, -0.1) is 0 Å². The summed E-state index contributed by atoms with van der Waals surface area (Å²) in [5.41, 5.74) is 3.72. The molecule has 4 fully saturated rings. The summed E-state index contributed by atoms with van der Waals surface area (Å²) in [5.74, 6) is -1.28. The molecule has 2 saturated carbocycles. The first-order chi connectivity index (χ1) is 33.5. The quantitative estimate of drug-likeness (QED) is 0.0786. The van der Waals surface area contributed by atoms with E-state index in [1.54, 1.807) is 17.0 Å². The number of anilines is 2. The van der Waals surface area contributed by atoms with Crippen LogP contribution in [0.2, 0.25) is 10.0 Å². The highest BCUT2D eigenvalue weighted by atomic mass is 35.5. The van der Waals surface area contributed by atoms with Crippen LogP contribution in [0.3, 0.4) is 0 Å². The second kappa shape index (κ2) is 21.5. The van der Waals surface area contributed by atoms with Gasteiger partial charge in [0.1, 0.15) is 11.5 Å². The van der Waals surface area contributed by atoms with Gasteiger partial charge in [0.2, 0.25) is 23.6 Å². The molecule has 15 nitrogen and oxygen atoms in total. The Balaban J connectivity index is 0.666. The average molecular weight is 985 g/mol. The minimum absolute atomic E-state index is 0.00977. The zero-order chi connectivity index (χ0) is 48.1. The van der Waals surface area contributed by atoms with E-state index in [0.717, 1.165) is 54.5 Å². The lowest BCUT2D eigenvalue weighted by Gasteiger charge is -2.47. The number of halogens is 2. The Labute approximate surface area is 413 Å². The minimum atomic E-state index is -1.06. The highest BCUT2D eigenvalue weighted by Gasteiger charge is 2.72. The Bertz CT molecular complexity index is 2440. The van der Waals surface area contributed by atoms with E-state index in [-0.39, 0.29) is 41.5 Å². The van der Waals surface area contributed by atoms with Crippen molar-refractivity contribution in [1.82, 2.24) is 26.2 Å². The van der Waals surface area contributed by atoms with Crippen LogP contribution in [-0.2, 0) is 45.3 Å². The number of rotatable bonds is 18. The summed E-state index contributed by atoms with van der Waals surface area (Å²) < 4.78 is 17.1. The normalized spacial score (nSPS) is 25.9. The molecular weight excluding hydrogens is 922 g/mol. The predicted molar refractivity (Wildman–Crippen MR) is 263 cm³/mol. The minimum Gasteiger partial charge on any atom is -0.382 e. The van der Waals surface area contributed by atoms with E-state index in [4.69, 9.17) is 37.4 Å². The second-order valence-corrected chi connectivity index (χ2v) is 20.1. The van der Waals surface area contributed by atoms with Crippen molar-refractivity contribution in [2.24, 2.45) is 5.92 Å². The summed E-state index contributed by atoms with van der Waals surface area (Å²) in [4.78, 5) is 69.8. The van der Waals surface area contributed by atoms with Crippen LogP contribution in [-0.4, -0.2) is 111 Å². The van der Waals surface area contributed by atoms with Gasteiger partial charge in [0.05, 0.1) is 45.7 Å². The Morgan fingerprint density at radius 1 is 0.783 bits per heavy atom. The van der Waals surface area contributed by atoms with Crippen LogP contribution in [0.4, 0.5) is 11.4 Å². The fraction of sp³-hybridized carbons (Fsp3) is 0.519. The summed E-state index contributed by atoms with van der Waals surface area (Å²) in [6, 6.07) is 17.4. The van der Waals surface area contributed by atoms with E-state index >= 15 is 0 Å². The molecule has 4 heterocycles. The maximum Gasteiger partial charge on any atom is 0.255 e. The number of carbonyl (C=O) groups is 5. The lowest BCUT2D eigenvalue weighted by Crippen LogP contribution is -2.60. The van der Waals surface area contributed by atoms with Gasteiger partial charge in [-0.05, 0) is 98.9 Å². The molecule has 1 unspecified atom stereocenters. The molecule has 2 aliphatic carbocycles. The number of amides is 5. The van der Waals surface area contributed by atoms with Crippen LogP contribution in [0.1, 0.15) is 104 Å². The summed E-state index contributed by atoms with van der Waals surface area (Å²) in [5, 5.41) is 20.6. The monoisotopic (exact) mass is 983 g/mol. The van der Waals surface area contributed by atoms with Gasteiger partial charge in [0.25, 0.3) is 5.91 Å². The molecule has 4 atom stereocenters. The van der Waals surface area contributed by atoms with Crippen molar-refractivity contribution < 1.29 is 38.2 Å². The Kier molecular flexibility index (Phi) is 15.3. The van der Waals surface area contributed by atoms with Crippen LogP contribution < -0.4 is 31.9 Å². The van der Waals surface area contributed by atoms with Gasteiger partial charge in [-0.3, -0.25) is 29.3 Å². The number of ether oxygens (including phenoxy) is 3. The molecular formula is C52H63Cl2N7O8. The van der Waals surface area contributed by atoms with E-state index in [1.807, 2.05) is 48.5 Å². The topological polar surface area (TPSA) is 188 Å². The van der Waals surface area contributed by atoms with Crippen molar-refractivity contribution in [2.45, 2.75) is 112 Å². The summed E-state index contributed by atoms with van der Waals surface area (Å²) in [6.45, 7) is 7.56. The predicted octanol–water partition coefficient (Wildman–Crippen LogP) is 6.34. The zero-order valence-corrected chi connectivity index (χ0v) is 40.5. The summed E-state index contributed by atoms with van der Waals surface area (Å²) in [6.07, 6.45) is 8.32. The van der Waals surface area contributed by atoms with Crippen LogP contribution in [0.25, 0.3) is 0 Å². The number of nitrogens with zero attached hydrogens (tertiary/aromatic N) is 1. The summed E-state index contributed by atoms with van der Waals surface area (Å²) >= 11 is 13.1. The first kappa shape index (κ1) is 49.0. The molecule has 69 heavy (non-hydrogen) atoms. The SMILES string of the molecule is C=C1CCC(N2Cc3c(NCCOCCOCCOCCNC(=O)C4CCC(NC(=O)[C@@H]5NC6(CCCCC6)[C@@]6(C(=O)Nc7cc(Cl)ccc76)[C@H]5c5cccc(Cl)c5)CC4)cccc3C2=O)C(=O)N1. The number of fused-ring (bicyclic) bond motifs is 4. The summed E-state index contributed by atoms with van der Waals surface area (Å²) in [7, 11) is 0. The lowest BCUT2D eigenvalue weighted by molar-refractivity contribution is -0.127. The van der Waals surface area contributed by atoms with Crippen molar-refractivity contribution in [3.63, 3.8) is 0 Å². The molecule has 3 aromatic rings. The number of nitrogens with one attached hydrogen (secondary N) is 6. The molecule has 0 aromatic heterocycles. The number of benzene rings is 3. The molecule has 5 amide bonds. The standard InChI is InChI=1S/C52H63Cl2N7O8/c1-32-11-18-43(47(63)57-32)61-31-39-38(49(61)65)9-6-10-41(39)55-21-23-67-25-27-69-28-26-68-24-22-56-46(62)33-12-15-37(16-13-33)58-48(64)45-44(34-7-5-8-35(53)29-34)52(51(60-45)19-3-2-4-20-51)40-17-14-36(54)30-42(40)59-50(52)66/h5-10,14,17,29-30,33,37,43-45,55,60H,1-4,11-13,15-16,18-28,31H2,(H,56,62)(H,57,63)(H,58,64)(H,59,66)/t33?,37?,43?,44-,45+,52+/m0/s1. The van der Waals surface area contributed by atoms with Crippen LogP contribution in [0, 0.1) is 5.92 Å². The van der Waals surface area contributed by atoms with Crippen molar-refractivity contribution in [2.75, 3.05) is 63.4 Å². The van der Waals surface area contributed by atoms with E-state index < -0.39 is 29.0 Å². The van der Waals surface area contributed by atoms with Crippen LogP contribution >= 0.6 is 23.2 Å².